The molecule has 2 aromatic carbocycles. The number of hydrazone groups is 1. The quantitative estimate of drug-likeness (QED) is 0.525. The van der Waals surface area contributed by atoms with E-state index in [2.05, 4.69) is 10.5 Å². The van der Waals surface area contributed by atoms with Crippen LogP contribution in [-0.4, -0.2) is 27.8 Å². The number of hydrogen-bond acceptors (Lipinski definition) is 3. The lowest BCUT2D eigenvalue weighted by Gasteiger charge is -2.13. The van der Waals surface area contributed by atoms with E-state index in [1.54, 1.807) is 48.7 Å². The molecule has 3 rings (SSSR count). The van der Waals surface area contributed by atoms with Crippen molar-refractivity contribution < 1.29 is 14.7 Å². The maximum atomic E-state index is 12.1. The van der Waals surface area contributed by atoms with Gasteiger partial charge in [0.15, 0.2) is 0 Å². The van der Waals surface area contributed by atoms with Gasteiger partial charge in [-0.1, -0.05) is 18.2 Å². The molecule has 1 heterocycles. The highest BCUT2D eigenvalue weighted by Crippen LogP contribution is 2.23. The van der Waals surface area contributed by atoms with E-state index < -0.39 is 5.97 Å². The van der Waals surface area contributed by atoms with Crippen LogP contribution in [0.4, 0.5) is 0 Å². The minimum absolute atomic E-state index is 0.258. The van der Waals surface area contributed by atoms with E-state index in [-0.39, 0.29) is 11.5 Å². The first kappa shape index (κ1) is 19.1. The molecule has 3 aromatic rings. The zero-order chi connectivity index (χ0) is 20.3. The summed E-state index contributed by atoms with van der Waals surface area (Å²) < 4.78 is 2.04. The minimum atomic E-state index is -0.947. The SMILES string of the molecule is Cc1cc(C(=O)O)ccc1-n1c(C)cc(/C=N\NC(=O)c2ccccc2)c1C. The van der Waals surface area contributed by atoms with Crippen LogP contribution in [0.1, 0.15) is 43.2 Å². The molecular formula is C22H21N3O3. The first-order chi connectivity index (χ1) is 13.4. The summed E-state index contributed by atoms with van der Waals surface area (Å²) in [6.07, 6.45) is 1.61. The number of hydrogen-bond donors (Lipinski definition) is 2. The van der Waals surface area contributed by atoms with E-state index >= 15 is 0 Å². The molecule has 0 unspecified atom stereocenters. The number of rotatable bonds is 5. The molecule has 1 amide bonds. The number of nitrogens with zero attached hydrogens (tertiary/aromatic N) is 2. The van der Waals surface area contributed by atoms with Crippen LogP contribution in [0.25, 0.3) is 5.69 Å². The van der Waals surface area contributed by atoms with Crippen molar-refractivity contribution in [3.63, 3.8) is 0 Å². The van der Waals surface area contributed by atoms with Crippen LogP contribution in [-0.2, 0) is 0 Å². The molecule has 2 N–H and O–H groups in total. The molecule has 0 aliphatic carbocycles. The molecule has 0 saturated carbocycles. The number of aromatic nitrogens is 1. The molecule has 0 bridgehead atoms. The van der Waals surface area contributed by atoms with E-state index in [1.165, 1.54) is 0 Å². The monoisotopic (exact) mass is 375 g/mol. The summed E-state index contributed by atoms with van der Waals surface area (Å²) in [4.78, 5) is 23.2. The Labute approximate surface area is 163 Å². The van der Waals surface area contributed by atoms with Crippen molar-refractivity contribution in [2.24, 2.45) is 5.10 Å². The highest BCUT2D eigenvalue weighted by molar-refractivity contribution is 5.95. The van der Waals surface area contributed by atoms with Crippen LogP contribution in [0.2, 0.25) is 0 Å². The number of amides is 1. The van der Waals surface area contributed by atoms with Gasteiger partial charge in [-0.25, -0.2) is 10.2 Å². The lowest BCUT2D eigenvalue weighted by Crippen LogP contribution is -2.17. The van der Waals surface area contributed by atoms with Crippen LogP contribution in [0.15, 0.2) is 59.7 Å². The maximum Gasteiger partial charge on any atom is 0.335 e. The third kappa shape index (κ3) is 3.86. The minimum Gasteiger partial charge on any atom is -0.478 e. The third-order valence-electron chi connectivity index (χ3n) is 4.56. The molecule has 6 heteroatoms. The standard InChI is InChI=1S/C22H21N3O3/c1-14-11-18(22(27)28)9-10-20(14)25-15(2)12-19(16(25)3)13-23-24-21(26)17-7-5-4-6-8-17/h4-13H,1-3H3,(H,24,26)(H,27,28)/b23-13-. The number of aromatic carboxylic acids is 1. The molecule has 0 saturated heterocycles. The van der Waals surface area contributed by atoms with Gasteiger partial charge in [-0.3, -0.25) is 4.79 Å². The average Bonchev–Trinajstić information content (AvgIpc) is 2.96. The van der Waals surface area contributed by atoms with Crippen molar-refractivity contribution in [3.8, 4) is 5.69 Å². The lowest BCUT2D eigenvalue weighted by atomic mass is 10.1. The van der Waals surface area contributed by atoms with E-state index in [1.807, 2.05) is 37.5 Å². The normalized spacial score (nSPS) is 11.0. The van der Waals surface area contributed by atoms with Gasteiger partial charge in [0.1, 0.15) is 0 Å². The Hall–Kier alpha value is -3.67. The summed E-state index contributed by atoms with van der Waals surface area (Å²) in [7, 11) is 0. The molecular weight excluding hydrogens is 354 g/mol. The summed E-state index contributed by atoms with van der Waals surface area (Å²) in [5.41, 5.74) is 7.90. The van der Waals surface area contributed by atoms with Crippen LogP contribution >= 0.6 is 0 Å². The Morgan fingerprint density at radius 1 is 1.00 bits per heavy atom. The highest BCUT2D eigenvalue weighted by Gasteiger charge is 2.13. The summed E-state index contributed by atoms with van der Waals surface area (Å²) in [6.45, 7) is 5.81. The predicted molar refractivity (Wildman–Crippen MR) is 108 cm³/mol. The van der Waals surface area contributed by atoms with Crippen LogP contribution in [0, 0.1) is 20.8 Å². The fourth-order valence-electron chi connectivity index (χ4n) is 3.14. The van der Waals surface area contributed by atoms with Gasteiger partial charge in [-0.05, 0) is 62.7 Å². The molecule has 0 radical (unpaired) electrons. The van der Waals surface area contributed by atoms with E-state index in [0.717, 1.165) is 28.2 Å². The lowest BCUT2D eigenvalue weighted by molar-refractivity contribution is 0.0696. The Balaban J connectivity index is 1.84. The second-order valence-corrected chi connectivity index (χ2v) is 6.53. The van der Waals surface area contributed by atoms with Crippen LogP contribution < -0.4 is 5.43 Å². The summed E-state index contributed by atoms with van der Waals surface area (Å²) in [5, 5.41) is 13.2. The van der Waals surface area contributed by atoms with Crippen molar-refractivity contribution in [1.82, 2.24) is 9.99 Å². The van der Waals surface area contributed by atoms with Crippen molar-refractivity contribution in [3.05, 3.63) is 88.2 Å². The van der Waals surface area contributed by atoms with Crippen molar-refractivity contribution in [1.29, 1.82) is 0 Å². The number of nitrogens with one attached hydrogen (secondary N) is 1. The number of carboxylic acid groups (broad SMARTS) is 1. The van der Waals surface area contributed by atoms with Gasteiger partial charge >= 0.3 is 5.97 Å². The molecule has 6 nitrogen and oxygen atoms in total. The van der Waals surface area contributed by atoms with E-state index in [4.69, 9.17) is 5.11 Å². The average molecular weight is 375 g/mol. The van der Waals surface area contributed by atoms with Gasteiger partial charge in [-0.15, -0.1) is 0 Å². The van der Waals surface area contributed by atoms with Gasteiger partial charge in [-0.2, -0.15) is 5.10 Å². The highest BCUT2D eigenvalue weighted by atomic mass is 16.4. The second kappa shape index (κ2) is 7.92. The summed E-state index contributed by atoms with van der Waals surface area (Å²) in [6, 6.07) is 15.9. The van der Waals surface area contributed by atoms with Crippen LogP contribution in [0.3, 0.4) is 0 Å². The molecule has 1 aromatic heterocycles. The first-order valence-corrected chi connectivity index (χ1v) is 8.80. The molecule has 0 fully saturated rings. The fraction of sp³-hybridized carbons (Fsp3) is 0.136. The van der Waals surface area contributed by atoms with E-state index in [9.17, 15) is 9.59 Å². The first-order valence-electron chi connectivity index (χ1n) is 8.80. The summed E-state index contributed by atoms with van der Waals surface area (Å²) >= 11 is 0. The number of carboxylic acids is 1. The van der Waals surface area contributed by atoms with Crippen LogP contribution in [0.5, 0.6) is 0 Å². The number of carbonyl (C=O) groups excluding carboxylic acids is 1. The van der Waals surface area contributed by atoms with Gasteiger partial charge < -0.3 is 9.67 Å². The Bertz CT molecular complexity index is 1070. The fourth-order valence-corrected chi connectivity index (χ4v) is 3.14. The third-order valence-corrected chi connectivity index (χ3v) is 4.56. The van der Waals surface area contributed by atoms with Gasteiger partial charge in [0.2, 0.25) is 0 Å². The molecule has 142 valence electrons. The maximum absolute atomic E-state index is 12.1. The zero-order valence-electron chi connectivity index (χ0n) is 15.9. The van der Waals surface area contributed by atoms with Crippen molar-refractivity contribution in [2.75, 3.05) is 0 Å². The van der Waals surface area contributed by atoms with Crippen molar-refractivity contribution in [2.45, 2.75) is 20.8 Å². The largest absolute Gasteiger partial charge is 0.478 e. The molecule has 0 spiro atoms. The molecule has 0 aliphatic rings. The predicted octanol–water partition coefficient (Wildman–Crippen LogP) is 3.86. The van der Waals surface area contributed by atoms with Gasteiger partial charge in [0.05, 0.1) is 11.8 Å². The van der Waals surface area contributed by atoms with Crippen molar-refractivity contribution >= 4 is 18.1 Å². The Morgan fingerprint density at radius 2 is 1.71 bits per heavy atom. The van der Waals surface area contributed by atoms with Gasteiger partial charge in [0, 0.05) is 28.2 Å². The number of benzene rings is 2. The molecule has 0 aliphatic heterocycles. The summed E-state index contributed by atoms with van der Waals surface area (Å²) in [5.74, 6) is -1.22. The Kier molecular flexibility index (Phi) is 5.40. The van der Waals surface area contributed by atoms with E-state index in [0.29, 0.717) is 5.56 Å². The smallest absolute Gasteiger partial charge is 0.335 e. The second-order valence-electron chi connectivity index (χ2n) is 6.53. The molecule has 0 atom stereocenters. The topological polar surface area (TPSA) is 83.7 Å². The number of carbonyl (C=O) groups is 2. The number of aryl methyl sites for hydroxylation is 2. The molecule has 28 heavy (non-hydrogen) atoms. The zero-order valence-corrected chi connectivity index (χ0v) is 15.9. The Morgan fingerprint density at radius 3 is 2.36 bits per heavy atom. The van der Waals surface area contributed by atoms with Gasteiger partial charge in [0.25, 0.3) is 5.91 Å².